The van der Waals surface area contributed by atoms with Crippen LogP contribution in [0.5, 0.6) is 17.2 Å². The monoisotopic (exact) mass is 351 g/mol. The van der Waals surface area contributed by atoms with Crippen LogP contribution >= 0.6 is 15.9 Å². The Labute approximate surface area is 132 Å². The number of phenolic OH excluding ortho intramolecular Hbond substituents is 1. The molecule has 4 nitrogen and oxygen atoms in total. The predicted octanol–water partition coefficient (Wildman–Crippen LogP) is 4.09. The number of nitrogens with one attached hydrogen (secondary N) is 1. The average molecular weight is 352 g/mol. The number of hydrogen-bond acceptors (Lipinski definition) is 4. The maximum Gasteiger partial charge on any atom is 0.162 e. The minimum absolute atomic E-state index is 0.154. The molecular weight excluding hydrogens is 334 g/mol. The molecule has 0 aliphatic carbocycles. The fourth-order valence-electron chi connectivity index (χ4n) is 2.16. The lowest BCUT2D eigenvalue weighted by molar-refractivity contribution is 0.371. The Morgan fingerprint density at radius 2 is 1.86 bits per heavy atom. The number of aromatic hydroxyl groups is 1. The predicted molar refractivity (Wildman–Crippen MR) is 87.4 cm³/mol. The highest BCUT2D eigenvalue weighted by Gasteiger charge is 2.11. The van der Waals surface area contributed by atoms with E-state index in [1.807, 2.05) is 31.2 Å². The van der Waals surface area contributed by atoms with Crippen molar-refractivity contribution in [3.63, 3.8) is 0 Å². The van der Waals surface area contributed by atoms with E-state index < -0.39 is 0 Å². The summed E-state index contributed by atoms with van der Waals surface area (Å²) in [5.41, 5.74) is 2.73. The van der Waals surface area contributed by atoms with Crippen molar-refractivity contribution in [2.45, 2.75) is 13.5 Å². The second kappa shape index (κ2) is 6.72. The van der Waals surface area contributed by atoms with Crippen LogP contribution in [0, 0.1) is 6.92 Å². The number of methoxy groups -OCH3 is 2. The van der Waals surface area contributed by atoms with E-state index in [0.717, 1.165) is 27.0 Å². The van der Waals surface area contributed by atoms with Gasteiger partial charge < -0.3 is 19.9 Å². The highest BCUT2D eigenvalue weighted by molar-refractivity contribution is 9.10. The van der Waals surface area contributed by atoms with E-state index in [9.17, 15) is 5.11 Å². The van der Waals surface area contributed by atoms with Crippen LogP contribution in [0.25, 0.3) is 0 Å². The lowest BCUT2D eigenvalue weighted by Gasteiger charge is -2.16. The molecule has 0 saturated heterocycles. The second-order valence-corrected chi connectivity index (χ2v) is 5.54. The van der Waals surface area contributed by atoms with Crippen molar-refractivity contribution in [3.8, 4) is 17.2 Å². The summed E-state index contributed by atoms with van der Waals surface area (Å²) in [6.45, 7) is 2.48. The summed E-state index contributed by atoms with van der Waals surface area (Å²) in [6.07, 6.45) is 0. The zero-order valence-electron chi connectivity index (χ0n) is 12.2. The number of para-hydroxylation sites is 1. The normalized spacial score (nSPS) is 10.3. The van der Waals surface area contributed by atoms with Crippen molar-refractivity contribution in [2.75, 3.05) is 19.5 Å². The molecule has 0 saturated carbocycles. The lowest BCUT2D eigenvalue weighted by atomic mass is 10.1. The quantitative estimate of drug-likeness (QED) is 0.851. The van der Waals surface area contributed by atoms with Gasteiger partial charge in [-0.3, -0.25) is 0 Å². The summed E-state index contributed by atoms with van der Waals surface area (Å²) >= 11 is 3.45. The van der Waals surface area contributed by atoms with Crippen LogP contribution in [0.3, 0.4) is 0 Å². The van der Waals surface area contributed by atoms with Gasteiger partial charge in [-0.2, -0.15) is 0 Å². The van der Waals surface area contributed by atoms with Crippen molar-refractivity contribution >= 4 is 21.6 Å². The molecule has 0 spiro atoms. The number of phenols is 1. The van der Waals surface area contributed by atoms with Crippen molar-refractivity contribution in [1.29, 1.82) is 0 Å². The fraction of sp³-hybridized carbons (Fsp3) is 0.250. The van der Waals surface area contributed by atoms with Gasteiger partial charge in [-0.25, -0.2) is 0 Å². The number of benzene rings is 2. The van der Waals surface area contributed by atoms with E-state index in [-0.39, 0.29) is 5.75 Å². The topological polar surface area (TPSA) is 50.7 Å². The SMILES string of the molecule is COc1cccc(CNc2c(C)cc(Br)cc2OC)c1O. The van der Waals surface area contributed by atoms with Crippen LogP contribution in [0.1, 0.15) is 11.1 Å². The number of rotatable bonds is 5. The number of ether oxygens (including phenoxy) is 2. The van der Waals surface area contributed by atoms with Crippen molar-refractivity contribution < 1.29 is 14.6 Å². The van der Waals surface area contributed by atoms with Gasteiger partial charge in [-0.15, -0.1) is 0 Å². The highest BCUT2D eigenvalue weighted by Crippen LogP contribution is 2.34. The molecule has 0 aromatic heterocycles. The molecule has 0 radical (unpaired) electrons. The van der Waals surface area contributed by atoms with Gasteiger partial charge in [0.05, 0.1) is 19.9 Å². The fourth-order valence-corrected chi connectivity index (χ4v) is 2.71. The first-order valence-corrected chi connectivity index (χ1v) is 7.29. The first-order chi connectivity index (χ1) is 10.1. The Bertz CT molecular complexity index is 644. The molecule has 2 aromatic carbocycles. The molecule has 2 aromatic rings. The smallest absolute Gasteiger partial charge is 0.162 e. The standard InChI is InChI=1S/C16H18BrNO3/c1-10-7-12(17)8-14(21-3)15(10)18-9-11-5-4-6-13(20-2)16(11)19/h4-8,18-19H,9H2,1-3H3. The van der Waals surface area contributed by atoms with Crippen LogP contribution in [-0.2, 0) is 6.54 Å². The molecule has 2 rings (SSSR count). The van der Waals surface area contributed by atoms with Gasteiger partial charge in [0.2, 0.25) is 0 Å². The summed E-state index contributed by atoms with van der Waals surface area (Å²) in [5, 5.41) is 13.4. The van der Waals surface area contributed by atoms with Crippen LogP contribution in [-0.4, -0.2) is 19.3 Å². The summed E-state index contributed by atoms with van der Waals surface area (Å²) in [6, 6.07) is 9.34. The second-order valence-electron chi connectivity index (χ2n) is 4.62. The molecule has 0 bridgehead atoms. The third-order valence-corrected chi connectivity index (χ3v) is 3.70. The molecule has 0 heterocycles. The molecular formula is C16H18BrNO3. The Hall–Kier alpha value is -1.88. The van der Waals surface area contributed by atoms with E-state index >= 15 is 0 Å². The molecule has 0 aliphatic heterocycles. The summed E-state index contributed by atoms with van der Waals surface area (Å²) in [7, 11) is 3.17. The van der Waals surface area contributed by atoms with E-state index in [2.05, 4.69) is 21.2 Å². The molecule has 21 heavy (non-hydrogen) atoms. The molecule has 112 valence electrons. The van der Waals surface area contributed by atoms with Gasteiger partial charge in [0.15, 0.2) is 11.5 Å². The van der Waals surface area contributed by atoms with Crippen molar-refractivity contribution in [2.24, 2.45) is 0 Å². The molecule has 0 atom stereocenters. The van der Waals surface area contributed by atoms with E-state index in [0.29, 0.717) is 12.3 Å². The first-order valence-electron chi connectivity index (χ1n) is 6.49. The Morgan fingerprint density at radius 3 is 2.52 bits per heavy atom. The van der Waals surface area contributed by atoms with E-state index in [1.165, 1.54) is 7.11 Å². The molecule has 0 unspecified atom stereocenters. The van der Waals surface area contributed by atoms with Crippen molar-refractivity contribution in [1.82, 2.24) is 0 Å². The Balaban J connectivity index is 2.25. The summed E-state index contributed by atoms with van der Waals surface area (Å²) in [4.78, 5) is 0. The maximum atomic E-state index is 10.1. The first kappa shape index (κ1) is 15.5. The van der Waals surface area contributed by atoms with Gasteiger partial charge in [0.1, 0.15) is 5.75 Å². The largest absolute Gasteiger partial charge is 0.504 e. The number of aryl methyl sites for hydroxylation is 1. The van der Waals surface area contributed by atoms with Crippen LogP contribution in [0.2, 0.25) is 0 Å². The molecule has 0 amide bonds. The highest BCUT2D eigenvalue weighted by atomic mass is 79.9. The van der Waals surface area contributed by atoms with Gasteiger partial charge in [0, 0.05) is 16.6 Å². The molecule has 0 aliphatic rings. The van der Waals surface area contributed by atoms with Gasteiger partial charge in [-0.05, 0) is 30.7 Å². The van der Waals surface area contributed by atoms with Gasteiger partial charge in [-0.1, -0.05) is 28.1 Å². The number of anilines is 1. The lowest BCUT2D eigenvalue weighted by Crippen LogP contribution is -2.04. The zero-order chi connectivity index (χ0) is 15.4. The summed E-state index contributed by atoms with van der Waals surface area (Å²) < 4.78 is 11.5. The molecule has 2 N–H and O–H groups in total. The van der Waals surface area contributed by atoms with Crippen LogP contribution < -0.4 is 14.8 Å². The number of hydrogen-bond donors (Lipinski definition) is 2. The van der Waals surface area contributed by atoms with Crippen LogP contribution in [0.4, 0.5) is 5.69 Å². The molecule has 5 heteroatoms. The zero-order valence-corrected chi connectivity index (χ0v) is 13.8. The minimum Gasteiger partial charge on any atom is -0.504 e. The van der Waals surface area contributed by atoms with Crippen molar-refractivity contribution in [3.05, 3.63) is 45.9 Å². The Kier molecular flexibility index (Phi) is 4.96. The summed E-state index contributed by atoms with van der Waals surface area (Å²) in [5.74, 6) is 1.37. The molecule has 0 fully saturated rings. The third kappa shape index (κ3) is 3.42. The van der Waals surface area contributed by atoms with Gasteiger partial charge >= 0.3 is 0 Å². The van der Waals surface area contributed by atoms with E-state index in [1.54, 1.807) is 13.2 Å². The van der Waals surface area contributed by atoms with Gasteiger partial charge in [0.25, 0.3) is 0 Å². The minimum atomic E-state index is 0.154. The van der Waals surface area contributed by atoms with E-state index in [4.69, 9.17) is 9.47 Å². The average Bonchev–Trinajstić information content (AvgIpc) is 2.47. The van der Waals surface area contributed by atoms with Crippen LogP contribution in [0.15, 0.2) is 34.8 Å². The number of halogens is 1. The Morgan fingerprint density at radius 1 is 1.14 bits per heavy atom. The third-order valence-electron chi connectivity index (χ3n) is 3.24. The maximum absolute atomic E-state index is 10.1.